The molecule has 0 fully saturated rings. The second-order valence-electron chi connectivity index (χ2n) is 8.07. The number of fused-ring (bicyclic) bond motifs is 3. The van der Waals surface area contributed by atoms with Crippen LogP contribution in [0, 0.1) is 29.2 Å². The zero-order valence-electron chi connectivity index (χ0n) is 17.0. The van der Waals surface area contributed by atoms with Crippen molar-refractivity contribution in [3.8, 4) is 11.1 Å². The van der Waals surface area contributed by atoms with Gasteiger partial charge in [-0.2, -0.15) is 0 Å². The molecule has 2 aromatic carbocycles. The van der Waals surface area contributed by atoms with E-state index in [4.69, 9.17) is 0 Å². The second kappa shape index (κ2) is 8.25. The average Bonchev–Trinajstić information content (AvgIpc) is 3.13. The smallest absolute Gasteiger partial charge is 0.167 e. The normalized spacial score (nSPS) is 17.8. The molecule has 0 N–H and O–H groups in total. The van der Waals surface area contributed by atoms with Crippen LogP contribution in [0.5, 0.6) is 0 Å². The van der Waals surface area contributed by atoms with Crippen molar-refractivity contribution in [3.05, 3.63) is 88.5 Å². The Morgan fingerprint density at radius 1 is 1.00 bits per heavy atom. The lowest BCUT2D eigenvalue weighted by atomic mass is 9.85. The highest BCUT2D eigenvalue weighted by Gasteiger charge is 2.32. The largest absolute Gasteiger partial charge is 0.203 e. The third-order valence-electron chi connectivity index (χ3n) is 6.23. The number of hydrogen-bond donors (Lipinski definition) is 0. The SMILES string of the molecule is C=CC1CC=C(c2cc3c(c(F)c2F)-c2c(cc(CC/C=C/C)c(F)c2F)C3)CC1. The van der Waals surface area contributed by atoms with Gasteiger partial charge < -0.3 is 0 Å². The highest BCUT2D eigenvalue weighted by molar-refractivity contribution is 5.81. The van der Waals surface area contributed by atoms with E-state index in [2.05, 4.69) is 6.58 Å². The van der Waals surface area contributed by atoms with E-state index in [1.54, 1.807) is 12.1 Å². The van der Waals surface area contributed by atoms with Gasteiger partial charge in [-0.25, -0.2) is 17.6 Å². The lowest BCUT2D eigenvalue weighted by Gasteiger charge is -2.20. The molecule has 4 heteroatoms. The first-order valence-corrected chi connectivity index (χ1v) is 10.4. The van der Waals surface area contributed by atoms with Crippen LogP contribution in [0.1, 0.15) is 54.9 Å². The Bertz CT molecular complexity index is 1080. The summed E-state index contributed by atoms with van der Waals surface area (Å²) >= 11 is 0. The molecule has 4 rings (SSSR count). The molecular formula is C26H24F4. The van der Waals surface area contributed by atoms with Crippen molar-refractivity contribution >= 4 is 5.57 Å². The second-order valence-corrected chi connectivity index (χ2v) is 8.07. The molecule has 0 heterocycles. The fraction of sp³-hybridized carbons (Fsp3) is 0.308. The van der Waals surface area contributed by atoms with Crippen LogP contribution < -0.4 is 0 Å². The van der Waals surface area contributed by atoms with Crippen molar-refractivity contribution in [2.24, 2.45) is 5.92 Å². The van der Waals surface area contributed by atoms with Crippen molar-refractivity contribution in [3.63, 3.8) is 0 Å². The standard InChI is InChI=1S/C26H24F4/c1-3-5-6-7-17-12-18-13-19-14-20(16-10-8-15(4-2)9-11-16)24(28)26(30)22(19)21(18)25(29)23(17)27/h3-5,10,12,14-15H,2,6-9,11,13H2,1H3/b5-3+. The van der Waals surface area contributed by atoms with Gasteiger partial charge in [0, 0.05) is 16.7 Å². The molecule has 2 aliphatic rings. The molecule has 2 aromatic rings. The Labute approximate surface area is 174 Å². The summed E-state index contributed by atoms with van der Waals surface area (Å²) in [6, 6.07) is 3.22. The number of hydrogen-bond acceptors (Lipinski definition) is 0. The van der Waals surface area contributed by atoms with Gasteiger partial charge >= 0.3 is 0 Å². The zero-order valence-corrected chi connectivity index (χ0v) is 17.0. The third-order valence-corrected chi connectivity index (χ3v) is 6.23. The minimum atomic E-state index is -1.09. The molecular weight excluding hydrogens is 388 g/mol. The molecule has 0 amide bonds. The Morgan fingerprint density at radius 2 is 1.70 bits per heavy atom. The van der Waals surface area contributed by atoms with Gasteiger partial charge in [0.25, 0.3) is 0 Å². The highest BCUT2D eigenvalue weighted by atomic mass is 19.2. The molecule has 1 unspecified atom stereocenters. The van der Waals surface area contributed by atoms with Gasteiger partial charge in [-0.05, 0) is 79.7 Å². The van der Waals surface area contributed by atoms with E-state index in [0.29, 0.717) is 36.3 Å². The Balaban J connectivity index is 1.77. The minimum absolute atomic E-state index is 0.135. The van der Waals surface area contributed by atoms with Crippen LogP contribution in [-0.2, 0) is 12.8 Å². The van der Waals surface area contributed by atoms with Crippen LogP contribution in [0.15, 0.2) is 43.0 Å². The van der Waals surface area contributed by atoms with Gasteiger partial charge in [0.2, 0.25) is 0 Å². The van der Waals surface area contributed by atoms with Crippen LogP contribution >= 0.6 is 0 Å². The molecule has 156 valence electrons. The molecule has 2 aliphatic carbocycles. The summed E-state index contributed by atoms with van der Waals surface area (Å²) in [6.07, 6.45) is 11.0. The number of allylic oxidation sites excluding steroid dienone is 5. The maximum Gasteiger partial charge on any atom is 0.167 e. The topological polar surface area (TPSA) is 0 Å². The van der Waals surface area contributed by atoms with Gasteiger partial charge in [0.05, 0.1) is 0 Å². The van der Waals surface area contributed by atoms with Crippen LogP contribution in [0.4, 0.5) is 17.6 Å². The van der Waals surface area contributed by atoms with E-state index in [0.717, 1.165) is 18.4 Å². The van der Waals surface area contributed by atoms with Gasteiger partial charge in [0.15, 0.2) is 23.3 Å². The summed E-state index contributed by atoms with van der Waals surface area (Å²) < 4.78 is 59.6. The first kappa shape index (κ1) is 20.6. The van der Waals surface area contributed by atoms with E-state index in [9.17, 15) is 13.2 Å². The molecule has 0 bridgehead atoms. The monoisotopic (exact) mass is 412 g/mol. The van der Waals surface area contributed by atoms with E-state index in [1.165, 1.54) is 0 Å². The fourth-order valence-electron chi connectivity index (χ4n) is 4.58. The minimum Gasteiger partial charge on any atom is -0.203 e. The fourth-order valence-corrected chi connectivity index (χ4v) is 4.58. The summed E-state index contributed by atoms with van der Waals surface area (Å²) in [6.45, 7) is 5.66. The Kier molecular flexibility index (Phi) is 5.68. The number of halogens is 4. The molecule has 0 saturated carbocycles. The van der Waals surface area contributed by atoms with Crippen LogP contribution in [0.25, 0.3) is 16.7 Å². The summed E-state index contributed by atoms with van der Waals surface area (Å²) in [7, 11) is 0. The van der Waals surface area contributed by atoms with Gasteiger partial charge in [-0.15, -0.1) is 6.58 Å². The molecule has 0 aliphatic heterocycles. The molecule has 0 aromatic heterocycles. The van der Waals surface area contributed by atoms with Gasteiger partial charge in [0.1, 0.15) is 0 Å². The van der Waals surface area contributed by atoms with Crippen molar-refractivity contribution in [1.82, 2.24) is 0 Å². The molecule has 0 spiro atoms. The first-order chi connectivity index (χ1) is 14.5. The van der Waals surface area contributed by atoms with E-state index >= 15 is 4.39 Å². The van der Waals surface area contributed by atoms with Gasteiger partial charge in [-0.3, -0.25) is 0 Å². The summed E-state index contributed by atoms with van der Waals surface area (Å²) in [5, 5.41) is 0. The first-order valence-electron chi connectivity index (χ1n) is 10.4. The predicted octanol–water partition coefficient (Wildman–Crippen LogP) is 7.69. The van der Waals surface area contributed by atoms with Crippen molar-refractivity contribution in [2.75, 3.05) is 0 Å². The molecule has 0 saturated heterocycles. The van der Waals surface area contributed by atoms with Gasteiger partial charge in [-0.1, -0.05) is 30.4 Å². The number of aryl methyl sites for hydroxylation is 1. The van der Waals surface area contributed by atoms with Crippen LogP contribution in [-0.4, -0.2) is 0 Å². The molecule has 30 heavy (non-hydrogen) atoms. The molecule has 1 atom stereocenters. The van der Waals surface area contributed by atoms with Crippen LogP contribution in [0.2, 0.25) is 0 Å². The van der Waals surface area contributed by atoms with E-state index < -0.39 is 23.3 Å². The van der Waals surface area contributed by atoms with Crippen LogP contribution in [0.3, 0.4) is 0 Å². The van der Waals surface area contributed by atoms with E-state index in [-0.39, 0.29) is 28.7 Å². The maximum atomic E-state index is 15.1. The quantitative estimate of drug-likeness (QED) is 0.298. The van der Waals surface area contributed by atoms with Crippen molar-refractivity contribution < 1.29 is 17.6 Å². The molecule has 0 radical (unpaired) electrons. The number of benzene rings is 2. The predicted molar refractivity (Wildman–Crippen MR) is 113 cm³/mol. The lowest BCUT2D eigenvalue weighted by molar-refractivity contribution is 0.494. The summed E-state index contributed by atoms with van der Waals surface area (Å²) in [5.41, 5.74) is 2.02. The summed E-state index contributed by atoms with van der Waals surface area (Å²) in [4.78, 5) is 0. The lowest BCUT2D eigenvalue weighted by Crippen LogP contribution is -2.06. The Hall–Kier alpha value is -2.62. The Morgan fingerprint density at radius 3 is 2.33 bits per heavy atom. The van der Waals surface area contributed by atoms with E-state index in [1.807, 2.05) is 31.2 Å². The summed E-state index contributed by atoms with van der Waals surface area (Å²) in [5.74, 6) is -3.79. The third kappa shape index (κ3) is 3.42. The average molecular weight is 412 g/mol. The maximum absolute atomic E-state index is 15.1. The zero-order chi connectivity index (χ0) is 21.4. The number of rotatable bonds is 5. The molecule has 0 nitrogen and oxygen atoms in total. The van der Waals surface area contributed by atoms with Crippen molar-refractivity contribution in [1.29, 1.82) is 0 Å². The highest BCUT2D eigenvalue weighted by Crippen LogP contribution is 2.45. The van der Waals surface area contributed by atoms with Crippen molar-refractivity contribution in [2.45, 2.75) is 45.4 Å².